The number of hydrogen-bond acceptors (Lipinski definition) is 4. The average Bonchev–Trinajstić information content (AvgIpc) is 3.26. The minimum atomic E-state index is -1.01. The van der Waals surface area contributed by atoms with Crippen LogP contribution >= 0.6 is 0 Å². The molecule has 0 aromatic carbocycles. The monoisotopic (exact) mass is 309 g/mol. The van der Waals surface area contributed by atoms with Gasteiger partial charge in [-0.05, 0) is 19.8 Å². The van der Waals surface area contributed by atoms with Gasteiger partial charge in [0.25, 0.3) is 5.91 Å². The summed E-state index contributed by atoms with van der Waals surface area (Å²) in [5.41, 5.74) is -0.256. The second-order valence-electron chi connectivity index (χ2n) is 5.58. The van der Waals surface area contributed by atoms with Crippen molar-refractivity contribution < 1.29 is 23.8 Å². The van der Waals surface area contributed by atoms with Gasteiger partial charge in [-0.25, -0.2) is 14.2 Å². The Morgan fingerprint density at radius 1 is 1.50 bits per heavy atom. The Morgan fingerprint density at radius 3 is 2.77 bits per heavy atom. The van der Waals surface area contributed by atoms with Gasteiger partial charge in [-0.15, -0.1) is 0 Å². The molecule has 2 amide bonds. The first-order valence-corrected chi connectivity index (χ1v) is 7.08. The fraction of sp³-hybridized carbons (Fsp3) is 0.500. The first kappa shape index (κ1) is 14.6. The second-order valence-corrected chi connectivity index (χ2v) is 5.58. The molecule has 22 heavy (non-hydrogen) atoms. The lowest BCUT2D eigenvalue weighted by Crippen LogP contribution is -2.62. The lowest BCUT2D eigenvalue weighted by molar-refractivity contribution is -0.0227. The van der Waals surface area contributed by atoms with Crippen LogP contribution in [-0.4, -0.2) is 51.7 Å². The standard InChI is InChI=1S/C14H16FN3O4/c1-7-11(6-18(7)14(20)21)22-9-4-10(15)12(16-5-9)13(19)17-8-2-3-8/h4-5,7-8,11H,2-3,6H2,1H3,(H,17,19)(H,20,21)/t7-,11?/m0/s1. The predicted molar refractivity (Wildman–Crippen MR) is 73.3 cm³/mol. The predicted octanol–water partition coefficient (Wildman–Crippen LogP) is 1.24. The Labute approximate surface area is 126 Å². The van der Waals surface area contributed by atoms with Gasteiger partial charge in [0.2, 0.25) is 0 Å². The molecular formula is C14H16FN3O4. The number of nitrogens with one attached hydrogen (secondary N) is 1. The van der Waals surface area contributed by atoms with E-state index in [1.54, 1.807) is 6.92 Å². The molecule has 1 aromatic rings. The van der Waals surface area contributed by atoms with E-state index in [2.05, 4.69) is 10.3 Å². The number of rotatable bonds is 4. The van der Waals surface area contributed by atoms with E-state index in [1.165, 1.54) is 11.1 Å². The van der Waals surface area contributed by atoms with Crippen molar-refractivity contribution in [2.45, 2.75) is 38.0 Å². The van der Waals surface area contributed by atoms with E-state index in [-0.39, 0.29) is 36.2 Å². The number of nitrogens with zero attached hydrogens (tertiary/aromatic N) is 2. The molecule has 2 aliphatic rings. The number of likely N-dealkylation sites (tertiary alicyclic amines) is 1. The van der Waals surface area contributed by atoms with Gasteiger partial charge in [0.15, 0.2) is 11.5 Å². The molecule has 1 saturated heterocycles. The maximum absolute atomic E-state index is 13.9. The largest absolute Gasteiger partial charge is 0.485 e. The summed E-state index contributed by atoms with van der Waals surface area (Å²) in [5.74, 6) is -1.10. The number of ether oxygens (including phenoxy) is 1. The maximum Gasteiger partial charge on any atom is 0.407 e. The summed E-state index contributed by atoms with van der Waals surface area (Å²) in [7, 11) is 0. The van der Waals surface area contributed by atoms with Crippen molar-refractivity contribution in [2.75, 3.05) is 6.54 Å². The zero-order valence-electron chi connectivity index (χ0n) is 12.0. The van der Waals surface area contributed by atoms with Crippen molar-refractivity contribution in [1.29, 1.82) is 0 Å². The highest BCUT2D eigenvalue weighted by molar-refractivity contribution is 5.93. The molecule has 0 radical (unpaired) electrons. The second kappa shape index (κ2) is 5.43. The van der Waals surface area contributed by atoms with E-state index in [0.29, 0.717) is 0 Å². The Kier molecular flexibility index (Phi) is 3.59. The Bertz CT molecular complexity index is 620. The molecule has 7 nitrogen and oxygen atoms in total. The lowest BCUT2D eigenvalue weighted by atomic mass is 10.0. The quantitative estimate of drug-likeness (QED) is 0.873. The number of aromatic nitrogens is 1. The molecule has 2 heterocycles. The number of carboxylic acid groups (broad SMARTS) is 1. The van der Waals surface area contributed by atoms with Crippen molar-refractivity contribution in [3.63, 3.8) is 0 Å². The van der Waals surface area contributed by atoms with Crippen molar-refractivity contribution in [3.05, 3.63) is 23.8 Å². The van der Waals surface area contributed by atoms with E-state index >= 15 is 0 Å². The van der Waals surface area contributed by atoms with Crippen LogP contribution in [0.5, 0.6) is 5.75 Å². The summed E-state index contributed by atoms with van der Waals surface area (Å²) >= 11 is 0. The average molecular weight is 309 g/mol. The molecule has 8 heteroatoms. The van der Waals surface area contributed by atoms with Gasteiger partial charge in [-0.2, -0.15) is 0 Å². The Hall–Kier alpha value is -2.38. The molecule has 1 aromatic heterocycles. The normalized spacial score (nSPS) is 23.6. The third kappa shape index (κ3) is 2.81. The van der Waals surface area contributed by atoms with Gasteiger partial charge in [0.1, 0.15) is 11.9 Å². The van der Waals surface area contributed by atoms with Crippen molar-refractivity contribution >= 4 is 12.0 Å². The first-order chi connectivity index (χ1) is 10.5. The highest BCUT2D eigenvalue weighted by Crippen LogP contribution is 2.25. The summed E-state index contributed by atoms with van der Waals surface area (Å²) in [4.78, 5) is 27.6. The third-order valence-electron chi connectivity index (χ3n) is 3.88. The molecule has 2 fully saturated rings. The molecule has 2 atom stereocenters. The SMILES string of the molecule is C[C@H]1C(Oc2cnc(C(=O)NC3CC3)c(F)c2)CN1C(=O)O. The van der Waals surface area contributed by atoms with Gasteiger partial charge in [-0.3, -0.25) is 9.69 Å². The summed E-state index contributed by atoms with van der Waals surface area (Å²) in [6, 6.07) is 0.922. The molecular weight excluding hydrogens is 293 g/mol. The molecule has 0 spiro atoms. The number of amides is 2. The van der Waals surface area contributed by atoms with E-state index in [9.17, 15) is 14.0 Å². The summed E-state index contributed by atoms with van der Waals surface area (Å²) < 4.78 is 19.5. The molecule has 1 unspecified atom stereocenters. The number of carbonyl (C=O) groups is 2. The summed E-state index contributed by atoms with van der Waals surface area (Å²) in [6.45, 7) is 1.94. The van der Waals surface area contributed by atoms with Gasteiger partial charge < -0.3 is 15.2 Å². The van der Waals surface area contributed by atoms with Crippen LogP contribution in [0.2, 0.25) is 0 Å². The number of hydrogen-bond donors (Lipinski definition) is 2. The molecule has 1 aliphatic heterocycles. The zero-order chi connectivity index (χ0) is 15.9. The highest BCUT2D eigenvalue weighted by Gasteiger charge is 2.40. The molecule has 3 rings (SSSR count). The van der Waals surface area contributed by atoms with Crippen LogP contribution in [0.3, 0.4) is 0 Å². The summed E-state index contributed by atoms with van der Waals surface area (Å²) in [5, 5.41) is 11.5. The molecule has 118 valence electrons. The van der Waals surface area contributed by atoms with Crippen LogP contribution in [0, 0.1) is 5.82 Å². The van der Waals surface area contributed by atoms with Crippen LogP contribution in [-0.2, 0) is 0 Å². The fourth-order valence-corrected chi connectivity index (χ4v) is 2.27. The van der Waals surface area contributed by atoms with Crippen LogP contribution in [0.1, 0.15) is 30.3 Å². The van der Waals surface area contributed by atoms with Crippen LogP contribution in [0.4, 0.5) is 9.18 Å². The Morgan fingerprint density at radius 2 is 2.23 bits per heavy atom. The van der Waals surface area contributed by atoms with Crippen LogP contribution < -0.4 is 10.1 Å². The lowest BCUT2D eigenvalue weighted by Gasteiger charge is -2.43. The topological polar surface area (TPSA) is 91.8 Å². The Balaban J connectivity index is 1.62. The van der Waals surface area contributed by atoms with Crippen LogP contribution in [0.15, 0.2) is 12.3 Å². The van der Waals surface area contributed by atoms with E-state index in [0.717, 1.165) is 18.9 Å². The molecule has 0 bridgehead atoms. The minimum Gasteiger partial charge on any atom is -0.485 e. The fourth-order valence-electron chi connectivity index (χ4n) is 2.27. The van der Waals surface area contributed by atoms with Gasteiger partial charge >= 0.3 is 6.09 Å². The molecule has 1 saturated carbocycles. The molecule has 2 N–H and O–H groups in total. The maximum atomic E-state index is 13.9. The van der Waals surface area contributed by atoms with Gasteiger partial charge in [0, 0.05) is 12.1 Å². The number of halogens is 1. The van der Waals surface area contributed by atoms with E-state index < -0.39 is 17.8 Å². The van der Waals surface area contributed by atoms with Crippen molar-refractivity contribution in [1.82, 2.24) is 15.2 Å². The van der Waals surface area contributed by atoms with Gasteiger partial charge in [-0.1, -0.05) is 0 Å². The highest BCUT2D eigenvalue weighted by atomic mass is 19.1. The van der Waals surface area contributed by atoms with E-state index in [1.807, 2.05) is 0 Å². The van der Waals surface area contributed by atoms with Crippen molar-refractivity contribution in [2.24, 2.45) is 0 Å². The third-order valence-corrected chi connectivity index (χ3v) is 3.88. The van der Waals surface area contributed by atoms with Crippen LogP contribution in [0.25, 0.3) is 0 Å². The van der Waals surface area contributed by atoms with E-state index in [4.69, 9.17) is 9.84 Å². The van der Waals surface area contributed by atoms with Gasteiger partial charge in [0.05, 0.1) is 18.8 Å². The van der Waals surface area contributed by atoms with Crippen molar-refractivity contribution in [3.8, 4) is 5.75 Å². The minimum absolute atomic E-state index is 0.127. The first-order valence-electron chi connectivity index (χ1n) is 7.08. The number of pyridine rings is 1. The summed E-state index contributed by atoms with van der Waals surface area (Å²) in [6.07, 6.45) is 1.75. The molecule has 1 aliphatic carbocycles. The smallest absolute Gasteiger partial charge is 0.407 e. The number of carbonyl (C=O) groups excluding carboxylic acids is 1. The zero-order valence-corrected chi connectivity index (χ0v) is 12.0.